The number of carboxylic acids is 1. The highest BCUT2D eigenvalue weighted by atomic mass is 16.4. The van der Waals surface area contributed by atoms with Crippen LogP contribution in [-0.2, 0) is 4.79 Å². The Morgan fingerprint density at radius 1 is 1.31 bits per heavy atom. The van der Waals surface area contributed by atoms with Crippen molar-refractivity contribution in [1.29, 1.82) is 0 Å². The monoisotopic (exact) mass is 183 g/mol. The molecule has 0 atom stereocenters. The number of rotatable bonds is 5. The molecule has 1 aliphatic carbocycles. The summed E-state index contributed by atoms with van der Waals surface area (Å²) in [4.78, 5) is 12.8. The summed E-state index contributed by atoms with van der Waals surface area (Å²) in [6.45, 7) is 3.55. The van der Waals surface area contributed by atoms with Crippen molar-refractivity contribution in [3.63, 3.8) is 0 Å². The Hall–Kier alpha value is -0.570. The van der Waals surface area contributed by atoms with E-state index in [1.54, 1.807) is 0 Å². The van der Waals surface area contributed by atoms with Crippen LogP contribution in [0.1, 0.15) is 25.7 Å². The lowest BCUT2D eigenvalue weighted by molar-refractivity contribution is -0.137. The molecule has 0 aromatic rings. The van der Waals surface area contributed by atoms with E-state index in [4.69, 9.17) is 5.11 Å². The number of carbonyl (C=O) groups is 1. The molecule has 74 valence electrons. The van der Waals surface area contributed by atoms with Crippen LogP contribution in [0.5, 0.6) is 0 Å². The van der Waals surface area contributed by atoms with Gasteiger partial charge in [0.05, 0.1) is 0 Å². The van der Waals surface area contributed by atoms with Crippen molar-refractivity contribution in [2.75, 3.05) is 19.6 Å². The maximum atomic E-state index is 10.3. The number of carboxylic acid groups (broad SMARTS) is 1. The number of aliphatic carboxylic acids is 1. The smallest absolute Gasteiger partial charge is 0.303 e. The third-order valence-corrected chi connectivity index (χ3v) is 3.01. The molecule has 0 spiro atoms. The van der Waals surface area contributed by atoms with E-state index < -0.39 is 5.97 Å². The lowest BCUT2D eigenvalue weighted by Crippen LogP contribution is -2.47. The summed E-state index contributed by atoms with van der Waals surface area (Å²) in [6.07, 6.45) is 4.05. The van der Waals surface area contributed by atoms with Gasteiger partial charge in [0.2, 0.25) is 0 Å². The van der Waals surface area contributed by atoms with Crippen LogP contribution >= 0.6 is 0 Å². The molecule has 1 N–H and O–H groups in total. The Kier molecular flexibility index (Phi) is 2.54. The molecule has 13 heavy (non-hydrogen) atoms. The first kappa shape index (κ1) is 9.00. The highest BCUT2D eigenvalue weighted by Crippen LogP contribution is 2.32. The zero-order valence-electron chi connectivity index (χ0n) is 7.91. The first-order chi connectivity index (χ1) is 6.24. The Morgan fingerprint density at radius 2 is 2.00 bits per heavy atom. The van der Waals surface area contributed by atoms with Gasteiger partial charge in [-0.15, -0.1) is 0 Å². The molecular weight excluding hydrogens is 166 g/mol. The highest BCUT2D eigenvalue weighted by Gasteiger charge is 2.31. The molecule has 1 aliphatic heterocycles. The number of nitrogens with zero attached hydrogens (tertiary/aromatic N) is 1. The minimum atomic E-state index is -0.652. The lowest BCUT2D eigenvalue weighted by Gasteiger charge is -2.39. The van der Waals surface area contributed by atoms with Crippen molar-refractivity contribution in [2.45, 2.75) is 25.7 Å². The molecule has 2 rings (SSSR count). The molecule has 1 heterocycles. The summed E-state index contributed by atoms with van der Waals surface area (Å²) in [6, 6.07) is 0. The molecule has 0 amide bonds. The number of hydrogen-bond acceptors (Lipinski definition) is 2. The van der Waals surface area contributed by atoms with Gasteiger partial charge >= 0.3 is 5.97 Å². The third kappa shape index (κ3) is 2.69. The molecule has 3 heteroatoms. The van der Waals surface area contributed by atoms with Gasteiger partial charge in [-0.1, -0.05) is 0 Å². The predicted molar refractivity (Wildman–Crippen MR) is 49.5 cm³/mol. The minimum Gasteiger partial charge on any atom is -0.481 e. The summed E-state index contributed by atoms with van der Waals surface area (Å²) >= 11 is 0. The third-order valence-electron chi connectivity index (χ3n) is 3.01. The van der Waals surface area contributed by atoms with E-state index >= 15 is 0 Å². The predicted octanol–water partition coefficient (Wildman–Crippen LogP) is 1.19. The molecule has 0 radical (unpaired) electrons. The average Bonchev–Trinajstić information content (AvgIpc) is 2.76. The summed E-state index contributed by atoms with van der Waals surface area (Å²) in [5, 5.41) is 8.49. The molecule has 2 fully saturated rings. The topological polar surface area (TPSA) is 40.5 Å². The largest absolute Gasteiger partial charge is 0.481 e. The van der Waals surface area contributed by atoms with E-state index in [0.717, 1.165) is 25.4 Å². The van der Waals surface area contributed by atoms with Gasteiger partial charge in [0.15, 0.2) is 0 Å². The van der Waals surface area contributed by atoms with Crippen LogP contribution in [0.15, 0.2) is 0 Å². The fraction of sp³-hybridized carbons (Fsp3) is 0.900. The normalized spacial score (nSPS) is 24.3. The lowest BCUT2D eigenvalue weighted by atomic mass is 9.94. The van der Waals surface area contributed by atoms with Gasteiger partial charge in [-0.3, -0.25) is 4.79 Å². The first-order valence-electron chi connectivity index (χ1n) is 5.18. The van der Waals surface area contributed by atoms with E-state index in [1.807, 2.05) is 0 Å². The Labute approximate surface area is 78.7 Å². The number of hydrogen-bond donors (Lipinski definition) is 1. The minimum absolute atomic E-state index is 0.349. The first-order valence-corrected chi connectivity index (χ1v) is 5.18. The summed E-state index contributed by atoms with van der Waals surface area (Å²) < 4.78 is 0. The van der Waals surface area contributed by atoms with Crippen LogP contribution in [0.3, 0.4) is 0 Å². The second-order valence-corrected chi connectivity index (χ2v) is 4.46. The molecule has 1 saturated carbocycles. The summed E-state index contributed by atoms with van der Waals surface area (Å²) in [7, 11) is 0. The van der Waals surface area contributed by atoms with E-state index in [-0.39, 0.29) is 0 Å². The van der Waals surface area contributed by atoms with Crippen LogP contribution < -0.4 is 0 Å². The quantitative estimate of drug-likeness (QED) is 0.696. The van der Waals surface area contributed by atoms with Gasteiger partial charge in [0.25, 0.3) is 0 Å². The summed E-state index contributed by atoms with van der Waals surface area (Å²) in [5.74, 6) is 0.982. The van der Waals surface area contributed by atoms with Crippen molar-refractivity contribution in [3.8, 4) is 0 Å². The Balaban J connectivity index is 1.53. The van der Waals surface area contributed by atoms with E-state index in [2.05, 4.69) is 4.90 Å². The molecule has 0 unspecified atom stereocenters. The van der Waals surface area contributed by atoms with Crippen molar-refractivity contribution >= 4 is 5.97 Å². The van der Waals surface area contributed by atoms with Gasteiger partial charge in [-0.2, -0.15) is 0 Å². The van der Waals surface area contributed by atoms with Gasteiger partial charge in [-0.05, 0) is 31.1 Å². The van der Waals surface area contributed by atoms with Crippen LogP contribution in [0, 0.1) is 11.8 Å². The molecule has 3 nitrogen and oxygen atoms in total. The Morgan fingerprint density at radius 3 is 2.54 bits per heavy atom. The number of likely N-dealkylation sites (tertiary alicyclic amines) is 1. The molecular formula is C10H17NO2. The SMILES string of the molecule is O=C(O)CCC1CN(CC2CC2)C1. The fourth-order valence-corrected chi connectivity index (χ4v) is 2.00. The molecule has 0 aromatic carbocycles. The zero-order valence-corrected chi connectivity index (χ0v) is 7.91. The van der Waals surface area contributed by atoms with Crippen molar-refractivity contribution < 1.29 is 9.90 Å². The van der Waals surface area contributed by atoms with Crippen LogP contribution in [0.4, 0.5) is 0 Å². The van der Waals surface area contributed by atoms with E-state index in [0.29, 0.717) is 12.3 Å². The van der Waals surface area contributed by atoms with E-state index in [1.165, 1.54) is 19.4 Å². The maximum absolute atomic E-state index is 10.3. The van der Waals surface area contributed by atoms with Crippen molar-refractivity contribution in [3.05, 3.63) is 0 Å². The van der Waals surface area contributed by atoms with Crippen LogP contribution in [-0.4, -0.2) is 35.6 Å². The van der Waals surface area contributed by atoms with Crippen molar-refractivity contribution in [1.82, 2.24) is 4.90 Å². The Bertz CT molecular complexity index is 195. The van der Waals surface area contributed by atoms with Gasteiger partial charge in [-0.25, -0.2) is 0 Å². The van der Waals surface area contributed by atoms with Crippen molar-refractivity contribution in [2.24, 2.45) is 11.8 Å². The average molecular weight is 183 g/mol. The molecule has 1 saturated heterocycles. The van der Waals surface area contributed by atoms with Gasteiger partial charge in [0, 0.05) is 26.1 Å². The standard InChI is InChI=1S/C10H17NO2/c12-10(13)4-3-9-6-11(7-9)5-8-1-2-8/h8-9H,1-7H2,(H,12,13). The zero-order chi connectivity index (χ0) is 9.26. The maximum Gasteiger partial charge on any atom is 0.303 e. The van der Waals surface area contributed by atoms with Gasteiger partial charge in [0.1, 0.15) is 0 Å². The highest BCUT2D eigenvalue weighted by molar-refractivity contribution is 5.66. The molecule has 0 bridgehead atoms. The summed E-state index contributed by atoms with van der Waals surface area (Å²) in [5.41, 5.74) is 0. The molecule has 2 aliphatic rings. The molecule has 0 aromatic heterocycles. The van der Waals surface area contributed by atoms with Gasteiger partial charge < -0.3 is 10.0 Å². The van der Waals surface area contributed by atoms with E-state index in [9.17, 15) is 4.79 Å². The van der Waals surface area contributed by atoms with Crippen LogP contribution in [0.2, 0.25) is 0 Å². The second-order valence-electron chi connectivity index (χ2n) is 4.46. The fourth-order valence-electron chi connectivity index (χ4n) is 2.00. The van der Waals surface area contributed by atoms with Crippen LogP contribution in [0.25, 0.3) is 0 Å². The second kappa shape index (κ2) is 3.66.